The van der Waals surface area contributed by atoms with Crippen LogP contribution in [0.2, 0.25) is 0 Å². The van der Waals surface area contributed by atoms with Gasteiger partial charge in [-0.05, 0) is 56.0 Å². The van der Waals surface area contributed by atoms with Gasteiger partial charge in [-0.1, -0.05) is 19.1 Å². The first-order chi connectivity index (χ1) is 16.7. The molecule has 2 atom stereocenters. The number of rotatable bonds is 1. The van der Waals surface area contributed by atoms with Gasteiger partial charge in [-0.3, -0.25) is 4.79 Å². The van der Waals surface area contributed by atoms with Crippen LogP contribution in [0, 0.1) is 11.3 Å². The largest absolute Gasteiger partial charge is 0.497 e. The van der Waals surface area contributed by atoms with Gasteiger partial charge in [-0.25, -0.2) is 4.79 Å². The Morgan fingerprint density at radius 2 is 1.97 bits per heavy atom. The van der Waals surface area contributed by atoms with Crippen molar-refractivity contribution in [1.82, 2.24) is 0 Å². The molecule has 4 heterocycles. The number of carbonyl (C=O) groups excluding carboxylic acids is 1. The van der Waals surface area contributed by atoms with E-state index in [9.17, 15) is 14.9 Å². The molecule has 1 spiro atoms. The van der Waals surface area contributed by atoms with Crippen molar-refractivity contribution in [3.8, 4) is 17.6 Å². The van der Waals surface area contributed by atoms with Gasteiger partial charge in [0.15, 0.2) is 11.2 Å². The molecule has 8 nitrogen and oxygen atoms in total. The van der Waals surface area contributed by atoms with Crippen molar-refractivity contribution in [1.29, 1.82) is 5.26 Å². The third-order valence-corrected chi connectivity index (χ3v) is 7.53. The van der Waals surface area contributed by atoms with E-state index in [4.69, 9.17) is 19.6 Å². The van der Waals surface area contributed by atoms with Gasteiger partial charge < -0.3 is 24.5 Å². The van der Waals surface area contributed by atoms with E-state index in [2.05, 4.69) is 13.0 Å². The summed E-state index contributed by atoms with van der Waals surface area (Å²) in [4.78, 5) is 30.0. The molecule has 2 N–H and O–H groups in total. The molecular weight excluding hydrogens is 446 g/mol. The van der Waals surface area contributed by atoms with Crippen LogP contribution in [0.15, 0.2) is 57.1 Å². The zero-order valence-electron chi connectivity index (χ0n) is 19.8. The number of amides is 1. The first-order valence-electron chi connectivity index (χ1n) is 11.4. The summed E-state index contributed by atoms with van der Waals surface area (Å²) in [7, 11) is 1.54. The fourth-order valence-corrected chi connectivity index (χ4v) is 6.21. The summed E-state index contributed by atoms with van der Waals surface area (Å²) < 4.78 is 17.2. The highest BCUT2D eigenvalue weighted by Gasteiger charge is 2.65. The Labute approximate surface area is 201 Å². The predicted molar refractivity (Wildman–Crippen MR) is 128 cm³/mol. The molecule has 0 fully saturated rings. The van der Waals surface area contributed by atoms with Gasteiger partial charge in [0.05, 0.1) is 18.2 Å². The molecule has 0 saturated carbocycles. The lowest BCUT2D eigenvalue weighted by Gasteiger charge is -2.44. The molecule has 1 aromatic heterocycles. The number of hydrogen-bond donors (Lipinski definition) is 1. The van der Waals surface area contributed by atoms with Crippen LogP contribution in [-0.2, 0) is 10.2 Å². The normalized spacial score (nSPS) is 23.7. The first kappa shape index (κ1) is 21.3. The van der Waals surface area contributed by atoms with Crippen molar-refractivity contribution in [2.24, 2.45) is 5.73 Å². The second kappa shape index (κ2) is 6.66. The van der Waals surface area contributed by atoms with Crippen LogP contribution in [0.5, 0.6) is 11.5 Å². The van der Waals surface area contributed by atoms with Crippen LogP contribution in [0.25, 0.3) is 11.0 Å². The molecule has 0 radical (unpaired) electrons. The Kier molecular flexibility index (Phi) is 4.05. The monoisotopic (exact) mass is 469 g/mol. The maximum atomic E-state index is 14.7. The molecule has 2 unspecified atom stereocenters. The lowest BCUT2D eigenvalue weighted by Crippen LogP contribution is -2.55. The summed E-state index contributed by atoms with van der Waals surface area (Å²) >= 11 is 0. The third kappa shape index (κ3) is 2.40. The van der Waals surface area contributed by atoms with E-state index in [1.807, 2.05) is 19.9 Å². The minimum absolute atomic E-state index is 0.0414. The van der Waals surface area contributed by atoms with Gasteiger partial charge in [-0.15, -0.1) is 0 Å². The Bertz CT molecular complexity index is 1610. The molecule has 3 aliphatic rings. The van der Waals surface area contributed by atoms with Crippen molar-refractivity contribution >= 4 is 22.6 Å². The molecule has 0 bridgehead atoms. The van der Waals surface area contributed by atoms with Crippen LogP contribution >= 0.6 is 0 Å². The second-order valence-electron chi connectivity index (χ2n) is 9.96. The molecule has 2 aromatic carbocycles. The van der Waals surface area contributed by atoms with Crippen molar-refractivity contribution in [3.63, 3.8) is 0 Å². The molecule has 35 heavy (non-hydrogen) atoms. The highest BCUT2D eigenvalue weighted by atomic mass is 16.5. The second-order valence-corrected chi connectivity index (χ2v) is 9.96. The minimum atomic E-state index is -1.82. The van der Waals surface area contributed by atoms with Gasteiger partial charge in [-0.2, -0.15) is 5.26 Å². The van der Waals surface area contributed by atoms with E-state index < -0.39 is 22.5 Å². The maximum absolute atomic E-state index is 14.7. The molecular formula is C27H23N3O5. The molecule has 6 rings (SSSR count). The van der Waals surface area contributed by atoms with E-state index in [1.54, 1.807) is 42.3 Å². The maximum Gasteiger partial charge on any atom is 0.345 e. The summed E-state index contributed by atoms with van der Waals surface area (Å²) in [6.07, 6.45) is 0.686. The van der Waals surface area contributed by atoms with Gasteiger partial charge in [0.2, 0.25) is 11.8 Å². The molecule has 3 aromatic rings. The molecule has 0 aliphatic carbocycles. The van der Waals surface area contributed by atoms with E-state index in [0.717, 1.165) is 5.56 Å². The van der Waals surface area contributed by atoms with Gasteiger partial charge in [0.25, 0.3) is 0 Å². The van der Waals surface area contributed by atoms with Gasteiger partial charge in [0.1, 0.15) is 28.5 Å². The Hall–Kier alpha value is -4.25. The van der Waals surface area contributed by atoms with E-state index in [-0.39, 0.29) is 28.7 Å². The molecule has 8 heteroatoms. The number of ether oxygens (including phenoxy) is 2. The van der Waals surface area contributed by atoms with Crippen molar-refractivity contribution in [3.05, 3.63) is 75.0 Å². The summed E-state index contributed by atoms with van der Waals surface area (Å²) in [5.74, 6) is 0.113. The lowest BCUT2D eigenvalue weighted by molar-refractivity contribution is -0.122. The predicted octanol–water partition coefficient (Wildman–Crippen LogP) is 3.81. The number of methoxy groups -OCH3 is 1. The average molecular weight is 469 g/mol. The molecule has 0 saturated heterocycles. The number of benzene rings is 2. The van der Waals surface area contributed by atoms with Crippen LogP contribution < -0.4 is 25.7 Å². The van der Waals surface area contributed by atoms with E-state index in [1.165, 1.54) is 0 Å². The van der Waals surface area contributed by atoms with Crippen LogP contribution in [0.1, 0.15) is 49.8 Å². The van der Waals surface area contributed by atoms with Gasteiger partial charge in [0, 0.05) is 11.1 Å². The SMILES string of the molecule is COc1cc2c3c(c1)C1(C(=O)N3C(C)(C)CC2C)C(C#N)=C(N)Oc2c1c(=O)oc1ccccc21. The fraction of sp³-hybridized carbons (Fsp3) is 0.296. The average Bonchev–Trinajstić information content (AvgIpc) is 3.07. The number of fused-ring (bicyclic) bond motifs is 5. The summed E-state index contributed by atoms with van der Waals surface area (Å²) in [6.45, 7) is 6.07. The standard InChI is InChI=1S/C27H23N3O5/c1-13-11-26(2,3)30-21-16(13)9-14(33-4)10-17(21)27(25(30)32)18(12-28)23(29)35-22-15-7-5-6-8-19(15)34-24(31)20(22)27/h5-10,13H,11,29H2,1-4H3. The lowest BCUT2D eigenvalue weighted by atomic mass is 9.68. The number of carbonyl (C=O) groups is 1. The van der Waals surface area contributed by atoms with Crippen molar-refractivity contribution < 1.29 is 18.7 Å². The van der Waals surface area contributed by atoms with E-state index >= 15 is 0 Å². The smallest absolute Gasteiger partial charge is 0.345 e. The third-order valence-electron chi connectivity index (χ3n) is 7.53. The molecule has 176 valence electrons. The minimum Gasteiger partial charge on any atom is -0.497 e. The fourth-order valence-electron chi connectivity index (χ4n) is 6.21. The topological polar surface area (TPSA) is 119 Å². The number of anilines is 1. The Morgan fingerprint density at radius 1 is 1.23 bits per heavy atom. The van der Waals surface area contributed by atoms with E-state index in [0.29, 0.717) is 34.4 Å². The van der Waals surface area contributed by atoms with Crippen LogP contribution in [-0.4, -0.2) is 18.6 Å². The van der Waals surface area contributed by atoms with Crippen LogP contribution in [0.4, 0.5) is 5.69 Å². The number of nitriles is 1. The first-order valence-corrected chi connectivity index (χ1v) is 11.4. The Morgan fingerprint density at radius 3 is 2.69 bits per heavy atom. The number of hydrogen-bond acceptors (Lipinski definition) is 7. The quantitative estimate of drug-likeness (QED) is 0.538. The molecule has 3 aliphatic heterocycles. The zero-order chi connectivity index (χ0) is 24.9. The highest BCUT2D eigenvalue weighted by molar-refractivity contribution is 6.16. The van der Waals surface area contributed by atoms with Crippen molar-refractivity contribution in [2.45, 2.75) is 44.1 Å². The Balaban J connectivity index is 1.86. The van der Waals surface area contributed by atoms with Gasteiger partial charge >= 0.3 is 5.63 Å². The number of para-hydroxylation sites is 1. The number of nitrogens with zero attached hydrogens (tertiary/aromatic N) is 2. The molecule has 1 amide bonds. The number of nitrogens with two attached hydrogens (primary N) is 1. The highest BCUT2D eigenvalue weighted by Crippen LogP contribution is 2.61. The van der Waals surface area contributed by atoms with Crippen LogP contribution in [0.3, 0.4) is 0 Å². The zero-order valence-corrected chi connectivity index (χ0v) is 19.8. The van der Waals surface area contributed by atoms with Crippen molar-refractivity contribution in [2.75, 3.05) is 12.0 Å². The summed E-state index contributed by atoms with van der Waals surface area (Å²) in [5.41, 5.74) is 5.36. The summed E-state index contributed by atoms with van der Waals surface area (Å²) in [6, 6.07) is 12.6. The summed E-state index contributed by atoms with van der Waals surface area (Å²) in [5, 5.41) is 10.8.